The number of nitrogens with zero attached hydrogens (tertiary/aromatic N) is 2. The first-order valence-corrected chi connectivity index (χ1v) is 11.9. The van der Waals surface area contributed by atoms with E-state index in [9.17, 15) is 19.5 Å². The number of hydrogen-bond acceptors (Lipinski definition) is 5. The highest BCUT2D eigenvalue weighted by molar-refractivity contribution is 6.22. The van der Waals surface area contributed by atoms with Crippen molar-refractivity contribution in [2.75, 3.05) is 0 Å². The molecule has 7 heteroatoms. The number of pyridine rings is 1. The molecule has 3 N–H and O–H groups in total. The summed E-state index contributed by atoms with van der Waals surface area (Å²) in [6.07, 6.45) is 0. The molecule has 7 nitrogen and oxygen atoms in total. The molecule has 1 aliphatic rings. The molecule has 0 bridgehead atoms. The van der Waals surface area contributed by atoms with Gasteiger partial charge < -0.3 is 15.4 Å². The van der Waals surface area contributed by atoms with E-state index in [1.165, 1.54) is 12.1 Å². The molecule has 1 aromatic heterocycles. The molecule has 0 unspecified atom stereocenters. The Morgan fingerprint density at radius 1 is 0.861 bits per heavy atom. The lowest BCUT2D eigenvalue weighted by Crippen LogP contribution is -2.30. The van der Waals surface area contributed by atoms with Crippen molar-refractivity contribution in [1.29, 1.82) is 0 Å². The van der Waals surface area contributed by atoms with Crippen LogP contribution in [0.25, 0.3) is 21.9 Å². The van der Waals surface area contributed by atoms with Crippen molar-refractivity contribution in [2.24, 2.45) is 11.7 Å². The van der Waals surface area contributed by atoms with Crippen LogP contribution in [-0.2, 0) is 19.6 Å². The number of rotatable bonds is 6. The van der Waals surface area contributed by atoms with E-state index < -0.39 is 11.8 Å². The number of carbonyl (C=O) groups is 2. The van der Waals surface area contributed by atoms with E-state index in [2.05, 4.69) is 13.8 Å². The van der Waals surface area contributed by atoms with Gasteiger partial charge >= 0.3 is 0 Å². The topological polar surface area (TPSA) is 106 Å². The van der Waals surface area contributed by atoms with Crippen molar-refractivity contribution in [1.82, 2.24) is 9.47 Å². The summed E-state index contributed by atoms with van der Waals surface area (Å²) >= 11 is 0. The first kappa shape index (κ1) is 23.5. The van der Waals surface area contributed by atoms with Crippen LogP contribution < -0.4 is 11.3 Å². The number of amides is 2. The van der Waals surface area contributed by atoms with Gasteiger partial charge in [-0.15, -0.1) is 0 Å². The Bertz CT molecular complexity index is 1570. The molecule has 2 amide bonds. The molecule has 0 fully saturated rings. The Morgan fingerprint density at radius 3 is 2.28 bits per heavy atom. The minimum atomic E-state index is -0.536. The molecule has 0 saturated carbocycles. The fourth-order valence-corrected chi connectivity index (χ4v) is 4.98. The molecule has 1 aliphatic heterocycles. The van der Waals surface area contributed by atoms with Gasteiger partial charge in [0.2, 0.25) is 0 Å². The van der Waals surface area contributed by atoms with Gasteiger partial charge in [0.15, 0.2) is 0 Å². The Morgan fingerprint density at radius 2 is 1.61 bits per heavy atom. The number of hydrogen-bond donors (Lipinski definition) is 2. The van der Waals surface area contributed by atoms with Crippen molar-refractivity contribution in [3.63, 3.8) is 0 Å². The zero-order valence-corrected chi connectivity index (χ0v) is 20.2. The Hall–Kier alpha value is -4.23. The Labute approximate surface area is 208 Å². The zero-order valence-electron chi connectivity index (χ0n) is 20.2. The summed E-state index contributed by atoms with van der Waals surface area (Å²) in [7, 11) is 0. The number of phenols is 1. The molecule has 4 aromatic rings. The Kier molecular flexibility index (Phi) is 5.94. The smallest absolute Gasteiger partial charge is 0.265 e. The van der Waals surface area contributed by atoms with Crippen LogP contribution in [0.3, 0.4) is 0 Å². The van der Waals surface area contributed by atoms with Gasteiger partial charge in [0, 0.05) is 29.7 Å². The van der Waals surface area contributed by atoms with Gasteiger partial charge in [-0.05, 0) is 46.7 Å². The number of aromatic hydroxyl groups is 1. The Balaban J connectivity index is 1.67. The highest BCUT2D eigenvalue weighted by Gasteiger charge is 2.37. The van der Waals surface area contributed by atoms with Crippen molar-refractivity contribution >= 4 is 22.6 Å². The molecule has 182 valence electrons. The minimum absolute atomic E-state index is 0.0169. The number of fused-ring (bicyclic) bond motifs is 2. The lowest BCUT2D eigenvalue weighted by Gasteiger charge is -2.21. The maximum Gasteiger partial charge on any atom is 0.265 e. The molecule has 36 heavy (non-hydrogen) atoms. The molecule has 0 atom stereocenters. The quantitative estimate of drug-likeness (QED) is 0.400. The largest absolute Gasteiger partial charge is 0.507 e. The zero-order chi connectivity index (χ0) is 25.6. The van der Waals surface area contributed by atoms with Gasteiger partial charge in [0.1, 0.15) is 5.75 Å². The van der Waals surface area contributed by atoms with Crippen LogP contribution in [0.2, 0.25) is 0 Å². The lowest BCUT2D eigenvalue weighted by atomic mass is 9.95. The van der Waals surface area contributed by atoms with Gasteiger partial charge in [0.05, 0.1) is 17.7 Å². The summed E-state index contributed by atoms with van der Waals surface area (Å²) in [4.78, 5) is 40.6. The van der Waals surface area contributed by atoms with Gasteiger partial charge in [-0.25, -0.2) is 0 Å². The fourth-order valence-electron chi connectivity index (χ4n) is 4.98. The third-order valence-corrected chi connectivity index (χ3v) is 6.56. The summed E-state index contributed by atoms with van der Waals surface area (Å²) in [6.45, 7) is 4.86. The van der Waals surface area contributed by atoms with E-state index in [4.69, 9.17) is 5.73 Å². The van der Waals surface area contributed by atoms with E-state index in [-0.39, 0.29) is 41.4 Å². The number of phenolic OH excluding ortho intramolecular Hbond substituents is 1. The predicted octanol–water partition coefficient (Wildman–Crippen LogP) is 4.29. The molecule has 3 aromatic carbocycles. The van der Waals surface area contributed by atoms with Crippen LogP contribution >= 0.6 is 0 Å². The first-order chi connectivity index (χ1) is 17.3. The summed E-state index contributed by atoms with van der Waals surface area (Å²) in [6, 6.07) is 19.6. The van der Waals surface area contributed by atoms with Crippen LogP contribution in [0, 0.1) is 5.92 Å². The predicted molar refractivity (Wildman–Crippen MR) is 139 cm³/mol. The lowest BCUT2D eigenvalue weighted by molar-refractivity contribution is 0.0641. The van der Waals surface area contributed by atoms with Crippen LogP contribution in [0.15, 0.2) is 71.5 Å². The number of imide groups is 1. The van der Waals surface area contributed by atoms with Crippen LogP contribution in [-0.4, -0.2) is 26.4 Å². The summed E-state index contributed by atoms with van der Waals surface area (Å²) < 4.78 is 1.77. The highest BCUT2D eigenvalue weighted by Crippen LogP contribution is 2.34. The van der Waals surface area contributed by atoms with Crippen molar-refractivity contribution < 1.29 is 14.7 Å². The second-order valence-electron chi connectivity index (χ2n) is 9.48. The number of nitrogens with two attached hydrogens (primary N) is 1. The number of aromatic nitrogens is 1. The third-order valence-electron chi connectivity index (χ3n) is 6.56. The maximum absolute atomic E-state index is 13.5. The van der Waals surface area contributed by atoms with Crippen molar-refractivity contribution in [3.05, 3.63) is 99.5 Å². The molecule has 0 spiro atoms. The second kappa shape index (κ2) is 9.09. The van der Waals surface area contributed by atoms with Crippen molar-refractivity contribution in [3.8, 4) is 16.9 Å². The molecule has 0 radical (unpaired) electrons. The fraction of sp³-hybridized carbons (Fsp3) is 0.207. The molecule has 2 heterocycles. The van der Waals surface area contributed by atoms with Gasteiger partial charge in [-0.1, -0.05) is 56.3 Å². The van der Waals surface area contributed by atoms with Crippen LogP contribution in [0.1, 0.15) is 45.8 Å². The minimum Gasteiger partial charge on any atom is -0.507 e. The average molecular weight is 482 g/mol. The molecule has 5 rings (SSSR count). The standard InChI is InChI=1S/C29H27N3O4/c1-17(2)15-31-23(14-30)25(19-7-4-3-5-8-19)22-13-18(11-12-20(22)27(31)34)16-32-28(35)21-9-6-10-24(33)26(21)29(32)36/h3-13,17,33H,14-16,30H2,1-2H3. The monoisotopic (exact) mass is 481 g/mol. The molecular formula is C29H27N3O4. The van der Waals surface area contributed by atoms with E-state index in [1.807, 2.05) is 36.4 Å². The summed E-state index contributed by atoms with van der Waals surface area (Å²) in [5.41, 5.74) is 9.55. The second-order valence-corrected chi connectivity index (χ2v) is 9.48. The average Bonchev–Trinajstić information content (AvgIpc) is 3.11. The van der Waals surface area contributed by atoms with E-state index in [0.717, 1.165) is 27.1 Å². The van der Waals surface area contributed by atoms with Crippen LogP contribution in [0.4, 0.5) is 0 Å². The van der Waals surface area contributed by atoms with E-state index in [0.29, 0.717) is 17.5 Å². The van der Waals surface area contributed by atoms with Crippen LogP contribution in [0.5, 0.6) is 5.75 Å². The van der Waals surface area contributed by atoms with E-state index >= 15 is 0 Å². The van der Waals surface area contributed by atoms with Gasteiger partial charge in [-0.2, -0.15) is 0 Å². The third kappa shape index (κ3) is 3.78. The summed E-state index contributed by atoms with van der Waals surface area (Å²) in [5, 5.41) is 11.4. The molecule has 0 aliphatic carbocycles. The van der Waals surface area contributed by atoms with Gasteiger partial charge in [0.25, 0.3) is 17.4 Å². The normalized spacial score (nSPS) is 13.2. The maximum atomic E-state index is 13.5. The SMILES string of the molecule is CC(C)Cn1c(CN)c(-c2ccccc2)c2cc(CN3C(=O)c4cccc(O)c4C3=O)ccc2c1=O. The molecule has 0 saturated heterocycles. The number of carbonyl (C=O) groups excluding carboxylic acids is 2. The van der Waals surface area contributed by atoms with E-state index in [1.54, 1.807) is 22.8 Å². The van der Waals surface area contributed by atoms with Gasteiger partial charge in [-0.3, -0.25) is 19.3 Å². The molecular weight excluding hydrogens is 454 g/mol. The first-order valence-electron chi connectivity index (χ1n) is 11.9. The highest BCUT2D eigenvalue weighted by atomic mass is 16.3. The van der Waals surface area contributed by atoms with Crippen molar-refractivity contribution in [2.45, 2.75) is 33.5 Å². The number of benzene rings is 3. The summed E-state index contributed by atoms with van der Waals surface area (Å²) in [5.74, 6) is -0.953.